The van der Waals surface area contributed by atoms with E-state index in [9.17, 15) is 10.2 Å². The Morgan fingerprint density at radius 3 is 2.61 bits per heavy atom. The van der Waals surface area contributed by atoms with Crippen LogP contribution in [0.1, 0.15) is 11.3 Å². The number of hydrogen-bond acceptors (Lipinski definition) is 4. The molecular weight excluding hydrogens is 314 g/mol. The second-order valence-electron chi connectivity index (χ2n) is 4.96. The van der Waals surface area contributed by atoms with E-state index in [0.717, 1.165) is 5.69 Å². The zero-order chi connectivity index (χ0) is 16.4. The molecule has 0 atom stereocenters. The first kappa shape index (κ1) is 15.1. The molecule has 5 nitrogen and oxygen atoms in total. The first-order valence-electron chi connectivity index (χ1n) is 6.93. The summed E-state index contributed by atoms with van der Waals surface area (Å²) in [7, 11) is 0. The van der Waals surface area contributed by atoms with Crippen LogP contribution < -0.4 is 0 Å². The number of aryl methyl sites for hydroxylation is 1. The van der Waals surface area contributed by atoms with Crippen molar-refractivity contribution in [3.05, 3.63) is 64.8 Å². The number of rotatable bonds is 3. The van der Waals surface area contributed by atoms with Gasteiger partial charge in [0.15, 0.2) is 0 Å². The molecule has 0 aliphatic carbocycles. The van der Waals surface area contributed by atoms with E-state index in [4.69, 9.17) is 11.6 Å². The summed E-state index contributed by atoms with van der Waals surface area (Å²) in [4.78, 5) is 4.19. The lowest BCUT2D eigenvalue weighted by atomic mass is 10.2. The number of nitrogens with zero attached hydrogens (tertiary/aromatic N) is 3. The monoisotopic (exact) mass is 327 g/mol. The fourth-order valence-corrected chi connectivity index (χ4v) is 2.33. The third kappa shape index (κ3) is 3.05. The Morgan fingerprint density at radius 1 is 1.13 bits per heavy atom. The molecule has 2 aromatic carbocycles. The summed E-state index contributed by atoms with van der Waals surface area (Å²) in [6.45, 7) is 1.78. The number of benzene rings is 2. The van der Waals surface area contributed by atoms with E-state index < -0.39 is 0 Å². The molecule has 116 valence electrons. The number of aromatic nitrogens is 2. The summed E-state index contributed by atoms with van der Waals surface area (Å²) < 4.78 is 1.44. The fourth-order valence-electron chi connectivity index (χ4n) is 2.16. The number of aromatic hydroxyl groups is 2. The van der Waals surface area contributed by atoms with Gasteiger partial charge in [-0.1, -0.05) is 29.8 Å². The summed E-state index contributed by atoms with van der Waals surface area (Å²) in [6.07, 6.45) is 1.46. The van der Waals surface area contributed by atoms with Gasteiger partial charge in [-0.2, -0.15) is 5.10 Å². The van der Waals surface area contributed by atoms with Gasteiger partial charge in [0.25, 0.3) is 0 Å². The number of para-hydroxylation sites is 1. The molecule has 0 spiro atoms. The van der Waals surface area contributed by atoms with Crippen molar-refractivity contribution in [1.29, 1.82) is 0 Å². The van der Waals surface area contributed by atoms with Crippen molar-refractivity contribution in [3.8, 4) is 17.3 Å². The zero-order valence-corrected chi connectivity index (χ0v) is 13.1. The lowest BCUT2D eigenvalue weighted by Gasteiger charge is -2.02. The van der Waals surface area contributed by atoms with Gasteiger partial charge in [-0.25, -0.2) is 4.68 Å². The Bertz CT molecular complexity index is 873. The van der Waals surface area contributed by atoms with Gasteiger partial charge in [-0.3, -0.25) is 4.99 Å². The smallest absolute Gasteiger partial charge is 0.223 e. The van der Waals surface area contributed by atoms with Crippen LogP contribution in [-0.2, 0) is 0 Å². The molecule has 0 amide bonds. The Hall–Kier alpha value is -2.79. The van der Waals surface area contributed by atoms with Crippen LogP contribution in [0.5, 0.6) is 11.6 Å². The first-order chi connectivity index (χ1) is 11.1. The van der Waals surface area contributed by atoms with Crippen LogP contribution in [0.4, 0.5) is 5.69 Å². The summed E-state index contributed by atoms with van der Waals surface area (Å²) in [5.41, 5.74) is 2.17. The maximum Gasteiger partial charge on any atom is 0.223 e. The molecule has 2 N–H and O–H groups in total. The number of aliphatic imine (C=N–C) groups is 1. The summed E-state index contributed by atoms with van der Waals surface area (Å²) in [5, 5.41) is 25.0. The minimum absolute atomic E-state index is 0.0123. The van der Waals surface area contributed by atoms with Gasteiger partial charge in [0.05, 0.1) is 16.9 Å². The van der Waals surface area contributed by atoms with Crippen molar-refractivity contribution in [3.63, 3.8) is 0 Å². The summed E-state index contributed by atoms with van der Waals surface area (Å²) in [6, 6.07) is 13.9. The summed E-state index contributed by atoms with van der Waals surface area (Å²) in [5.74, 6) is -0.00258. The van der Waals surface area contributed by atoms with Gasteiger partial charge >= 0.3 is 0 Å². The molecule has 0 saturated heterocycles. The molecule has 0 bridgehead atoms. The van der Waals surface area contributed by atoms with E-state index in [0.29, 0.717) is 22.0 Å². The molecule has 1 aromatic heterocycles. The Balaban J connectivity index is 2.00. The van der Waals surface area contributed by atoms with Crippen molar-refractivity contribution >= 4 is 23.5 Å². The Morgan fingerprint density at radius 2 is 1.87 bits per heavy atom. The minimum Gasteiger partial charge on any atom is -0.506 e. The van der Waals surface area contributed by atoms with Crippen LogP contribution in [0.3, 0.4) is 0 Å². The molecule has 0 radical (unpaired) electrons. The standard InChI is InChI=1S/C17H14ClN3O2/c1-11-14(10-19-15-9-12(18)7-8-16(15)22)17(23)21(20-11)13-5-3-2-4-6-13/h2-10,22-23H,1H3/b19-10+. The SMILES string of the molecule is Cc1nn(-c2ccccc2)c(O)c1/C=N/c1cc(Cl)ccc1O. The molecule has 0 aliphatic heterocycles. The van der Waals surface area contributed by atoms with Gasteiger partial charge in [-0.05, 0) is 37.3 Å². The van der Waals surface area contributed by atoms with Gasteiger partial charge in [-0.15, -0.1) is 0 Å². The third-order valence-electron chi connectivity index (χ3n) is 3.35. The second-order valence-corrected chi connectivity index (χ2v) is 5.40. The van der Waals surface area contributed by atoms with Gasteiger partial charge in [0.1, 0.15) is 11.4 Å². The van der Waals surface area contributed by atoms with E-state index in [1.807, 2.05) is 30.3 Å². The topological polar surface area (TPSA) is 70.6 Å². The third-order valence-corrected chi connectivity index (χ3v) is 3.59. The molecule has 6 heteroatoms. The van der Waals surface area contributed by atoms with Crippen molar-refractivity contribution in [1.82, 2.24) is 9.78 Å². The summed E-state index contributed by atoms with van der Waals surface area (Å²) >= 11 is 5.89. The lowest BCUT2D eigenvalue weighted by molar-refractivity contribution is 0.433. The van der Waals surface area contributed by atoms with E-state index in [-0.39, 0.29) is 11.6 Å². The molecule has 23 heavy (non-hydrogen) atoms. The van der Waals surface area contributed by atoms with Gasteiger partial charge < -0.3 is 10.2 Å². The van der Waals surface area contributed by atoms with Crippen LogP contribution in [0, 0.1) is 6.92 Å². The van der Waals surface area contributed by atoms with Crippen LogP contribution in [0.2, 0.25) is 5.02 Å². The van der Waals surface area contributed by atoms with Gasteiger partial charge in [0, 0.05) is 11.2 Å². The van der Waals surface area contributed by atoms with E-state index >= 15 is 0 Å². The van der Waals surface area contributed by atoms with Crippen molar-refractivity contribution in [2.45, 2.75) is 6.92 Å². The maximum atomic E-state index is 10.4. The van der Waals surface area contributed by atoms with Crippen LogP contribution in [-0.4, -0.2) is 26.2 Å². The normalized spacial score (nSPS) is 11.2. The molecule has 0 aliphatic rings. The zero-order valence-electron chi connectivity index (χ0n) is 12.3. The molecule has 1 heterocycles. The van der Waals surface area contributed by atoms with Crippen molar-refractivity contribution < 1.29 is 10.2 Å². The quantitative estimate of drug-likeness (QED) is 0.714. The highest BCUT2D eigenvalue weighted by Crippen LogP contribution is 2.30. The van der Waals surface area contributed by atoms with Crippen LogP contribution in [0.25, 0.3) is 5.69 Å². The van der Waals surface area contributed by atoms with Gasteiger partial charge in [0.2, 0.25) is 5.88 Å². The first-order valence-corrected chi connectivity index (χ1v) is 7.30. The predicted octanol–water partition coefficient (Wildman–Crippen LogP) is 4.00. The van der Waals surface area contributed by atoms with E-state index in [1.54, 1.807) is 19.1 Å². The molecule has 3 rings (SSSR count). The fraction of sp³-hybridized carbons (Fsp3) is 0.0588. The van der Waals surface area contributed by atoms with Crippen molar-refractivity contribution in [2.24, 2.45) is 4.99 Å². The highest BCUT2D eigenvalue weighted by atomic mass is 35.5. The molecule has 3 aromatic rings. The maximum absolute atomic E-state index is 10.4. The second kappa shape index (κ2) is 6.14. The average Bonchev–Trinajstić information content (AvgIpc) is 2.84. The Labute approximate surface area is 138 Å². The Kier molecular flexibility index (Phi) is 4.04. The van der Waals surface area contributed by atoms with E-state index in [2.05, 4.69) is 10.1 Å². The minimum atomic E-state index is -0.0148. The van der Waals surface area contributed by atoms with Crippen LogP contribution in [0.15, 0.2) is 53.5 Å². The lowest BCUT2D eigenvalue weighted by Crippen LogP contribution is -1.95. The largest absolute Gasteiger partial charge is 0.506 e. The number of phenols is 1. The van der Waals surface area contributed by atoms with Crippen molar-refractivity contribution in [2.75, 3.05) is 0 Å². The number of phenolic OH excluding ortho intramolecular Hbond substituents is 1. The number of halogens is 1. The molecule has 0 unspecified atom stereocenters. The molecule has 0 fully saturated rings. The predicted molar refractivity (Wildman–Crippen MR) is 90.3 cm³/mol. The highest BCUT2D eigenvalue weighted by molar-refractivity contribution is 6.30. The highest BCUT2D eigenvalue weighted by Gasteiger charge is 2.14. The average molecular weight is 328 g/mol. The molecular formula is C17H14ClN3O2. The van der Waals surface area contributed by atoms with E-state index in [1.165, 1.54) is 17.0 Å². The van der Waals surface area contributed by atoms with Crippen LogP contribution >= 0.6 is 11.6 Å². The molecule has 0 saturated carbocycles. The number of hydrogen-bond donors (Lipinski definition) is 2.